The van der Waals surface area contributed by atoms with Crippen LogP contribution in [0.5, 0.6) is 0 Å². The van der Waals surface area contributed by atoms with Crippen molar-refractivity contribution in [1.29, 1.82) is 0 Å². The van der Waals surface area contributed by atoms with Crippen LogP contribution >= 0.6 is 11.8 Å². The number of carbonyl (C=O) groups excluding carboxylic acids is 1. The maximum absolute atomic E-state index is 12.7. The first-order valence-corrected chi connectivity index (χ1v) is 8.38. The Balaban J connectivity index is 1.77. The first-order chi connectivity index (χ1) is 11.1. The number of thioether (sulfide) groups is 1. The van der Waals surface area contributed by atoms with Crippen LogP contribution in [-0.2, 0) is 4.79 Å². The van der Waals surface area contributed by atoms with Crippen LogP contribution in [0.4, 0.5) is 0 Å². The molecule has 1 unspecified atom stereocenters. The molecule has 1 N–H and O–H groups in total. The van der Waals surface area contributed by atoms with Crippen molar-refractivity contribution in [2.45, 2.75) is 12.5 Å². The van der Waals surface area contributed by atoms with Crippen molar-refractivity contribution in [3.8, 4) is 5.69 Å². The second-order valence-electron chi connectivity index (χ2n) is 5.22. The first-order valence-electron chi connectivity index (χ1n) is 7.22. The van der Waals surface area contributed by atoms with Gasteiger partial charge in [-0.15, -0.1) is 5.10 Å². The molecule has 1 aromatic heterocycles. The molecular weight excluding hydrogens is 316 g/mol. The lowest BCUT2D eigenvalue weighted by Gasteiger charge is -2.34. The van der Waals surface area contributed by atoms with E-state index in [9.17, 15) is 9.59 Å². The van der Waals surface area contributed by atoms with E-state index in [1.165, 1.54) is 0 Å². The number of carboxylic acids is 1. The zero-order valence-electron chi connectivity index (χ0n) is 12.3. The summed E-state index contributed by atoms with van der Waals surface area (Å²) in [5, 5.41) is 16.7. The Morgan fingerprint density at radius 2 is 2.09 bits per heavy atom. The van der Waals surface area contributed by atoms with Gasteiger partial charge in [-0.25, -0.2) is 4.68 Å². The number of rotatable bonds is 4. The Morgan fingerprint density at radius 3 is 2.74 bits per heavy atom. The van der Waals surface area contributed by atoms with Gasteiger partial charge in [0.2, 0.25) is 0 Å². The molecule has 7 nitrogen and oxygen atoms in total. The SMILES string of the molecule is O=C(O)CC1CSCCN1C(=O)c1ccc(-n2ccnn2)cc1. The fraction of sp³-hybridized carbons (Fsp3) is 0.333. The Kier molecular flexibility index (Phi) is 4.61. The number of benzene rings is 1. The summed E-state index contributed by atoms with van der Waals surface area (Å²) in [5.74, 6) is 0.493. The van der Waals surface area contributed by atoms with Crippen LogP contribution in [-0.4, -0.2) is 61.0 Å². The molecule has 1 saturated heterocycles. The van der Waals surface area contributed by atoms with Gasteiger partial charge in [-0.2, -0.15) is 11.8 Å². The Bertz CT molecular complexity index is 687. The van der Waals surface area contributed by atoms with E-state index in [0.29, 0.717) is 17.9 Å². The lowest BCUT2D eigenvalue weighted by molar-refractivity contribution is -0.138. The van der Waals surface area contributed by atoms with Crippen molar-refractivity contribution in [3.63, 3.8) is 0 Å². The van der Waals surface area contributed by atoms with Gasteiger partial charge >= 0.3 is 5.97 Å². The van der Waals surface area contributed by atoms with Gasteiger partial charge in [0.1, 0.15) is 0 Å². The third kappa shape index (κ3) is 3.53. The molecule has 2 aromatic rings. The molecule has 1 atom stereocenters. The zero-order valence-corrected chi connectivity index (χ0v) is 13.1. The number of nitrogens with zero attached hydrogens (tertiary/aromatic N) is 4. The van der Waals surface area contributed by atoms with Gasteiger partial charge in [0, 0.05) is 23.6 Å². The van der Waals surface area contributed by atoms with E-state index in [-0.39, 0.29) is 18.4 Å². The predicted octanol–water partition coefficient (Wildman–Crippen LogP) is 1.30. The largest absolute Gasteiger partial charge is 0.481 e. The van der Waals surface area contributed by atoms with Crippen molar-refractivity contribution >= 4 is 23.6 Å². The van der Waals surface area contributed by atoms with Crippen LogP contribution in [0, 0.1) is 0 Å². The van der Waals surface area contributed by atoms with E-state index >= 15 is 0 Å². The Morgan fingerprint density at radius 1 is 1.30 bits per heavy atom. The third-order valence-corrected chi connectivity index (χ3v) is 4.79. The van der Waals surface area contributed by atoms with Gasteiger partial charge in [0.05, 0.1) is 30.5 Å². The van der Waals surface area contributed by atoms with E-state index in [4.69, 9.17) is 5.11 Å². The minimum absolute atomic E-state index is 0.0181. The number of hydrogen-bond donors (Lipinski definition) is 1. The zero-order chi connectivity index (χ0) is 16.2. The maximum Gasteiger partial charge on any atom is 0.305 e. The van der Waals surface area contributed by atoms with Crippen molar-refractivity contribution in [1.82, 2.24) is 19.9 Å². The maximum atomic E-state index is 12.7. The smallest absolute Gasteiger partial charge is 0.305 e. The molecule has 1 amide bonds. The quantitative estimate of drug-likeness (QED) is 0.908. The average Bonchev–Trinajstić information content (AvgIpc) is 3.09. The third-order valence-electron chi connectivity index (χ3n) is 3.70. The van der Waals surface area contributed by atoms with Gasteiger partial charge < -0.3 is 10.0 Å². The molecule has 1 aliphatic heterocycles. The molecule has 3 rings (SSSR count). The van der Waals surface area contributed by atoms with Gasteiger partial charge in [0.25, 0.3) is 5.91 Å². The lowest BCUT2D eigenvalue weighted by atomic mass is 10.1. The molecule has 1 aliphatic rings. The summed E-state index contributed by atoms with van der Waals surface area (Å²) in [6.45, 7) is 0.576. The number of aliphatic carboxylic acids is 1. The Labute approximate surface area is 137 Å². The number of carbonyl (C=O) groups is 2. The summed E-state index contributed by atoms with van der Waals surface area (Å²) in [6.07, 6.45) is 3.29. The first kappa shape index (κ1) is 15.5. The number of aromatic nitrogens is 3. The van der Waals surface area contributed by atoms with Crippen LogP contribution in [0.3, 0.4) is 0 Å². The van der Waals surface area contributed by atoms with E-state index in [1.54, 1.807) is 58.0 Å². The molecule has 1 fully saturated rings. The van der Waals surface area contributed by atoms with Crippen LogP contribution in [0.15, 0.2) is 36.7 Å². The second-order valence-corrected chi connectivity index (χ2v) is 6.37. The van der Waals surface area contributed by atoms with Gasteiger partial charge in [0.15, 0.2) is 0 Å². The van der Waals surface area contributed by atoms with Crippen LogP contribution in [0.1, 0.15) is 16.8 Å². The van der Waals surface area contributed by atoms with E-state index < -0.39 is 5.97 Å². The monoisotopic (exact) mass is 332 g/mol. The Hall–Kier alpha value is -2.35. The molecular formula is C15H16N4O3S. The lowest BCUT2D eigenvalue weighted by Crippen LogP contribution is -2.47. The highest BCUT2D eigenvalue weighted by Gasteiger charge is 2.29. The number of amides is 1. The summed E-state index contributed by atoms with van der Waals surface area (Å²) < 4.78 is 1.61. The normalized spacial score (nSPS) is 17.9. The molecule has 0 spiro atoms. The van der Waals surface area contributed by atoms with Crippen LogP contribution in [0.25, 0.3) is 5.69 Å². The highest BCUT2D eigenvalue weighted by atomic mass is 32.2. The number of hydrogen-bond acceptors (Lipinski definition) is 5. The summed E-state index contributed by atoms with van der Waals surface area (Å²) in [7, 11) is 0. The van der Waals surface area contributed by atoms with Crippen molar-refractivity contribution in [2.75, 3.05) is 18.1 Å². The van der Waals surface area contributed by atoms with E-state index in [0.717, 1.165) is 11.4 Å². The number of carboxylic acid groups (broad SMARTS) is 1. The van der Waals surface area contributed by atoms with Crippen LogP contribution < -0.4 is 0 Å². The topological polar surface area (TPSA) is 88.3 Å². The van der Waals surface area contributed by atoms with Crippen molar-refractivity contribution in [3.05, 3.63) is 42.2 Å². The second kappa shape index (κ2) is 6.82. The fourth-order valence-electron chi connectivity index (χ4n) is 2.56. The van der Waals surface area contributed by atoms with E-state index in [2.05, 4.69) is 10.3 Å². The summed E-state index contributed by atoms with van der Waals surface area (Å²) >= 11 is 1.69. The van der Waals surface area contributed by atoms with Gasteiger partial charge in [-0.3, -0.25) is 9.59 Å². The van der Waals surface area contributed by atoms with E-state index in [1.807, 2.05) is 0 Å². The van der Waals surface area contributed by atoms with Crippen LogP contribution in [0.2, 0.25) is 0 Å². The highest BCUT2D eigenvalue weighted by Crippen LogP contribution is 2.21. The fourth-order valence-corrected chi connectivity index (χ4v) is 3.62. The standard InChI is InChI=1S/C15H16N4O3S/c20-14(21)9-13-10-23-8-7-18(13)15(22)11-1-3-12(4-2-11)19-6-5-16-17-19/h1-6,13H,7-10H2,(H,20,21). The van der Waals surface area contributed by atoms with Crippen molar-refractivity contribution in [2.24, 2.45) is 0 Å². The molecule has 0 saturated carbocycles. The highest BCUT2D eigenvalue weighted by molar-refractivity contribution is 7.99. The van der Waals surface area contributed by atoms with Crippen molar-refractivity contribution < 1.29 is 14.7 Å². The van der Waals surface area contributed by atoms with Gasteiger partial charge in [-0.1, -0.05) is 5.21 Å². The van der Waals surface area contributed by atoms with Gasteiger partial charge in [-0.05, 0) is 24.3 Å². The molecule has 120 valence electrons. The summed E-state index contributed by atoms with van der Waals surface area (Å²) in [5.41, 5.74) is 1.37. The minimum atomic E-state index is -0.878. The molecule has 0 radical (unpaired) electrons. The predicted molar refractivity (Wildman–Crippen MR) is 85.8 cm³/mol. The summed E-state index contributed by atoms with van der Waals surface area (Å²) in [4.78, 5) is 25.3. The molecule has 0 bridgehead atoms. The molecule has 1 aromatic carbocycles. The molecule has 8 heteroatoms. The molecule has 0 aliphatic carbocycles. The molecule has 23 heavy (non-hydrogen) atoms. The molecule has 2 heterocycles. The summed E-state index contributed by atoms with van der Waals surface area (Å²) in [6, 6.07) is 6.81. The average molecular weight is 332 g/mol. The minimum Gasteiger partial charge on any atom is -0.481 e.